The van der Waals surface area contributed by atoms with Crippen LogP contribution in [0.3, 0.4) is 0 Å². The Morgan fingerprint density at radius 3 is 0.560 bits per heavy atom. The van der Waals surface area contributed by atoms with E-state index in [2.05, 4.69) is 0 Å². The molecule has 4 saturated carbocycles. The monoisotopic (exact) mass is 695 g/mol. The van der Waals surface area contributed by atoms with Gasteiger partial charge in [-0.1, -0.05) is 244 Å². The van der Waals surface area contributed by atoms with Gasteiger partial charge in [-0.3, -0.25) is 0 Å². The van der Waals surface area contributed by atoms with Crippen LogP contribution < -0.4 is 0 Å². The summed E-state index contributed by atoms with van der Waals surface area (Å²) in [5.74, 6) is 4.05. The van der Waals surface area contributed by atoms with Crippen molar-refractivity contribution in [1.29, 1.82) is 0 Å². The minimum absolute atomic E-state index is 0.625. The molecular formula is C50H94. The minimum atomic E-state index is 0.625. The van der Waals surface area contributed by atoms with Gasteiger partial charge >= 0.3 is 0 Å². The van der Waals surface area contributed by atoms with Crippen LogP contribution in [0.2, 0.25) is 0 Å². The van der Waals surface area contributed by atoms with Crippen molar-refractivity contribution in [2.45, 2.75) is 289 Å². The van der Waals surface area contributed by atoms with Gasteiger partial charge < -0.3 is 0 Å². The smallest absolute Gasteiger partial charge is 0.0210 e. The Kier molecular flexibility index (Phi) is 24.3. The van der Waals surface area contributed by atoms with E-state index in [-0.39, 0.29) is 0 Å². The molecule has 4 fully saturated rings. The Morgan fingerprint density at radius 2 is 0.360 bits per heavy atom. The fraction of sp³-hybridized carbons (Fsp3) is 1.00. The van der Waals surface area contributed by atoms with Gasteiger partial charge in [-0.15, -0.1) is 0 Å². The van der Waals surface area contributed by atoms with E-state index >= 15 is 0 Å². The highest BCUT2D eigenvalue weighted by molar-refractivity contribution is 4.99. The van der Waals surface area contributed by atoms with Crippen LogP contribution >= 0.6 is 0 Å². The summed E-state index contributed by atoms with van der Waals surface area (Å²) in [6.07, 6.45) is 69.4. The van der Waals surface area contributed by atoms with Gasteiger partial charge in [0, 0.05) is 0 Å². The first-order chi connectivity index (χ1) is 24.9. The maximum atomic E-state index is 1.66. The van der Waals surface area contributed by atoms with Crippen LogP contribution in [0.15, 0.2) is 0 Å². The van der Waals surface area contributed by atoms with Gasteiger partial charge in [-0.2, -0.15) is 0 Å². The van der Waals surface area contributed by atoms with Gasteiger partial charge in [-0.05, 0) is 74.0 Å². The first-order valence-electron chi connectivity index (χ1n) is 24.9. The van der Waals surface area contributed by atoms with Crippen molar-refractivity contribution in [2.75, 3.05) is 0 Å². The molecule has 0 amide bonds. The molecule has 4 aliphatic rings. The molecule has 4 rings (SSSR count). The molecule has 0 saturated heterocycles. The predicted octanol–water partition coefficient (Wildman–Crippen LogP) is 18.0. The highest BCUT2D eigenvalue weighted by Gasteiger charge is 2.49. The molecule has 294 valence electrons. The summed E-state index contributed by atoms with van der Waals surface area (Å²) < 4.78 is 0. The molecule has 0 atom stereocenters. The molecule has 0 heteroatoms. The molecule has 0 spiro atoms. The Bertz CT molecular complexity index is 629. The lowest BCUT2D eigenvalue weighted by atomic mass is 9.50. The van der Waals surface area contributed by atoms with Gasteiger partial charge in [-0.25, -0.2) is 0 Å². The second kappa shape index (κ2) is 28.4. The summed E-state index contributed by atoms with van der Waals surface area (Å²) in [4.78, 5) is 0. The molecule has 50 heavy (non-hydrogen) atoms. The fourth-order valence-electron chi connectivity index (χ4n) is 12.6. The number of rotatable bonds is 5. The average molecular weight is 695 g/mol. The zero-order valence-electron chi connectivity index (χ0n) is 34.6. The van der Waals surface area contributed by atoms with Crippen molar-refractivity contribution in [2.24, 2.45) is 29.1 Å². The SMILES string of the molecule is C1CCCCCC(CC(C2CCCCCCCCCCC2)(C2CCCCCCCCCCC2)C2CCCCCCCCCCC2)CCCCC1. The Hall–Kier alpha value is 0. The second-order valence-corrected chi connectivity index (χ2v) is 19.3. The van der Waals surface area contributed by atoms with Gasteiger partial charge in [0.15, 0.2) is 0 Å². The molecule has 0 aliphatic heterocycles. The molecule has 0 aromatic rings. The normalized spacial score (nSPS) is 26.6. The lowest BCUT2D eigenvalue weighted by Gasteiger charge is -2.55. The minimum Gasteiger partial charge on any atom is -0.0533 e. The van der Waals surface area contributed by atoms with Crippen LogP contribution in [0.1, 0.15) is 289 Å². The average Bonchev–Trinajstić information content (AvgIpc) is 3.09. The summed E-state index contributed by atoms with van der Waals surface area (Å²) in [6, 6.07) is 0. The molecule has 0 N–H and O–H groups in total. The Morgan fingerprint density at radius 1 is 0.200 bits per heavy atom. The lowest BCUT2D eigenvalue weighted by molar-refractivity contribution is -0.0552. The predicted molar refractivity (Wildman–Crippen MR) is 224 cm³/mol. The van der Waals surface area contributed by atoms with Crippen LogP contribution in [0, 0.1) is 29.1 Å². The second-order valence-electron chi connectivity index (χ2n) is 19.3. The van der Waals surface area contributed by atoms with Crippen LogP contribution in [-0.4, -0.2) is 0 Å². The maximum Gasteiger partial charge on any atom is -0.0210 e. The van der Waals surface area contributed by atoms with Crippen LogP contribution in [0.5, 0.6) is 0 Å². The van der Waals surface area contributed by atoms with Crippen molar-refractivity contribution in [3.63, 3.8) is 0 Å². The van der Waals surface area contributed by atoms with Crippen LogP contribution in [-0.2, 0) is 0 Å². The number of hydrogen-bond acceptors (Lipinski definition) is 0. The van der Waals surface area contributed by atoms with Gasteiger partial charge in [0.25, 0.3) is 0 Å². The highest BCUT2D eigenvalue weighted by atomic mass is 14.5. The van der Waals surface area contributed by atoms with Gasteiger partial charge in [0.1, 0.15) is 0 Å². The molecule has 0 aromatic carbocycles. The highest BCUT2D eigenvalue weighted by Crippen LogP contribution is 2.58. The standard InChI is InChI=1S/C50H94/c1-5-13-21-29-37-46(38-30-22-14-6-1)45-50(47-39-31-23-15-7-2-8-16-24-32-40-47,48-41-33-25-17-9-3-10-18-26-34-42-48)49-43-35-27-19-11-4-12-20-28-36-44-49/h46-49H,1-45H2. The third-order valence-electron chi connectivity index (χ3n) is 15.5. The van der Waals surface area contributed by atoms with Crippen LogP contribution in [0.4, 0.5) is 0 Å². The van der Waals surface area contributed by atoms with Gasteiger partial charge in [0.2, 0.25) is 0 Å². The molecule has 0 radical (unpaired) electrons. The zero-order valence-corrected chi connectivity index (χ0v) is 34.6. The van der Waals surface area contributed by atoms with E-state index in [0.717, 1.165) is 23.7 Å². The Balaban J connectivity index is 1.75. The molecule has 0 bridgehead atoms. The third kappa shape index (κ3) is 17.0. The molecule has 4 aliphatic carbocycles. The summed E-state index contributed by atoms with van der Waals surface area (Å²) in [5.41, 5.74) is 0.625. The zero-order chi connectivity index (χ0) is 34.6. The fourth-order valence-corrected chi connectivity index (χ4v) is 12.6. The van der Waals surface area contributed by atoms with E-state index < -0.39 is 0 Å². The van der Waals surface area contributed by atoms with Gasteiger partial charge in [0.05, 0.1) is 0 Å². The maximum absolute atomic E-state index is 1.66. The Labute approximate surface area is 317 Å². The molecular weight excluding hydrogens is 601 g/mol. The topological polar surface area (TPSA) is 0 Å². The third-order valence-corrected chi connectivity index (χ3v) is 15.5. The molecule has 0 unspecified atom stereocenters. The van der Waals surface area contributed by atoms with E-state index in [1.807, 2.05) is 0 Å². The molecule has 0 nitrogen and oxygen atoms in total. The van der Waals surface area contributed by atoms with Crippen molar-refractivity contribution in [3.05, 3.63) is 0 Å². The van der Waals surface area contributed by atoms with E-state index in [9.17, 15) is 0 Å². The van der Waals surface area contributed by atoms with E-state index in [0.29, 0.717) is 5.41 Å². The van der Waals surface area contributed by atoms with E-state index in [1.54, 1.807) is 109 Å². The van der Waals surface area contributed by atoms with Crippen molar-refractivity contribution >= 4 is 0 Å². The first kappa shape index (κ1) is 42.7. The summed E-state index contributed by atoms with van der Waals surface area (Å²) >= 11 is 0. The first-order valence-corrected chi connectivity index (χ1v) is 24.9. The lowest BCUT2D eigenvalue weighted by Crippen LogP contribution is -2.47. The quantitative estimate of drug-likeness (QED) is 0.269. The van der Waals surface area contributed by atoms with Crippen molar-refractivity contribution in [3.8, 4) is 0 Å². The van der Waals surface area contributed by atoms with Crippen molar-refractivity contribution < 1.29 is 0 Å². The van der Waals surface area contributed by atoms with Crippen molar-refractivity contribution in [1.82, 2.24) is 0 Å². The molecule has 0 heterocycles. The largest absolute Gasteiger partial charge is 0.0533 e. The van der Waals surface area contributed by atoms with E-state index in [4.69, 9.17) is 0 Å². The van der Waals surface area contributed by atoms with Crippen LogP contribution in [0.25, 0.3) is 0 Å². The summed E-state index contributed by atoms with van der Waals surface area (Å²) in [5, 5.41) is 0. The molecule has 0 aromatic heterocycles. The summed E-state index contributed by atoms with van der Waals surface area (Å²) in [7, 11) is 0. The van der Waals surface area contributed by atoms with E-state index in [1.165, 1.54) is 180 Å². The summed E-state index contributed by atoms with van der Waals surface area (Å²) in [6.45, 7) is 0. The number of hydrogen-bond donors (Lipinski definition) is 0.